The smallest absolute Gasteiger partial charge is 0.308 e. The zero-order valence-electron chi connectivity index (χ0n) is 13.7. The molecule has 21 heavy (non-hydrogen) atoms. The van der Waals surface area contributed by atoms with Gasteiger partial charge >= 0.3 is 5.97 Å². The summed E-state index contributed by atoms with van der Waals surface area (Å²) in [7, 11) is 3.39. The van der Waals surface area contributed by atoms with E-state index >= 15 is 0 Å². The number of methoxy groups -OCH3 is 2. The lowest BCUT2D eigenvalue weighted by molar-refractivity contribution is -0.146. The largest absolute Gasteiger partial charge is 0.481 e. The third-order valence-corrected chi connectivity index (χ3v) is 4.67. The Morgan fingerprint density at radius 3 is 2.48 bits per heavy atom. The predicted molar refractivity (Wildman–Crippen MR) is 82.5 cm³/mol. The van der Waals surface area contributed by atoms with Gasteiger partial charge in [0, 0.05) is 40.0 Å². The average Bonchev–Trinajstić information content (AvgIpc) is 2.50. The minimum absolute atomic E-state index is 0.133. The maximum atomic E-state index is 11.6. The van der Waals surface area contributed by atoms with Gasteiger partial charge in [-0.1, -0.05) is 13.3 Å². The fraction of sp³-hybridized carbons (Fsp3) is 0.938. The van der Waals surface area contributed by atoms with Crippen LogP contribution >= 0.6 is 0 Å². The molecule has 0 aromatic rings. The van der Waals surface area contributed by atoms with Gasteiger partial charge in [0.15, 0.2) is 0 Å². The highest BCUT2D eigenvalue weighted by Crippen LogP contribution is 2.34. The summed E-state index contributed by atoms with van der Waals surface area (Å²) in [5.74, 6) is -0.242. The molecule has 1 fully saturated rings. The molecule has 3 atom stereocenters. The van der Waals surface area contributed by atoms with Crippen LogP contribution in [0.5, 0.6) is 0 Å². The van der Waals surface area contributed by atoms with Crippen molar-refractivity contribution in [3.63, 3.8) is 0 Å². The normalized spacial score (nSPS) is 26.2. The number of aliphatic carboxylic acids is 1. The third kappa shape index (κ3) is 5.93. The first-order valence-corrected chi connectivity index (χ1v) is 8.08. The summed E-state index contributed by atoms with van der Waals surface area (Å²) in [4.78, 5) is 13.9. The van der Waals surface area contributed by atoms with E-state index in [4.69, 9.17) is 9.47 Å². The van der Waals surface area contributed by atoms with Gasteiger partial charge in [0.25, 0.3) is 0 Å². The summed E-state index contributed by atoms with van der Waals surface area (Å²) < 4.78 is 10.3. The highest BCUT2D eigenvalue weighted by atomic mass is 16.5. The van der Waals surface area contributed by atoms with E-state index in [-0.39, 0.29) is 12.0 Å². The van der Waals surface area contributed by atoms with E-state index in [9.17, 15) is 9.90 Å². The van der Waals surface area contributed by atoms with Crippen LogP contribution in [-0.2, 0) is 14.3 Å². The Kier molecular flexibility index (Phi) is 8.88. The molecule has 0 spiro atoms. The maximum absolute atomic E-state index is 11.6. The van der Waals surface area contributed by atoms with E-state index in [0.29, 0.717) is 19.1 Å². The van der Waals surface area contributed by atoms with Crippen LogP contribution in [0.1, 0.15) is 39.0 Å². The monoisotopic (exact) mass is 301 g/mol. The fourth-order valence-electron chi connectivity index (χ4n) is 3.36. The van der Waals surface area contributed by atoms with Crippen LogP contribution in [0.3, 0.4) is 0 Å². The van der Waals surface area contributed by atoms with Gasteiger partial charge in [-0.3, -0.25) is 9.69 Å². The van der Waals surface area contributed by atoms with Crippen molar-refractivity contribution in [1.29, 1.82) is 0 Å². The minimum atomic E-state index is -0.649. The molecule has 1 aliphatic rings. The molecule has 3 unspecified atom stereocenters. The molecule has 1 N–H and O–H groups in total. The van der Waals surface area contributed by atoms with Crippen molar-refractivity contribution in [3.8, 4) is 0 Å². The molecular formula is C16H31NO4. The zero-order chi connectivity index (χ0) is 15.7. The van der Waals surface area contributed by atoms with Crippen LogP contribution in [0.2, 0.25) is 0 Å². The highest BCUT2D eigenvalue weighted by Gasteiger charge is 2.37. The number of rotatable bonds is 10. The van der Waals surface area contributed by atoms with E-state index in [0.717, 1.165) is 45.2 Å². The molecule has 0 aromatic carbocycles. The summed E-state index contributed by atoms with van der Waals surface area (Å²) in [5.41, 5.74) is 0. The van der Waals surface area contributed by atoms with Crippen LogP contribution < -0.4 is 0 Å². The maximum Gasteiger partial charge on any atom is 0.308 e. The summed E-state index contributed by atoms with van der Waals surface area (Å²) >= 11 is 0. The first-order chi connectivity index (χ1) is 10.1. The molecule has 5 nitrogen and oxygen atoms in total. The Balaban J connectivity index is 2.73. The fourth-order valence-corrected chi connectivity index (χ4v) is 3.36. The standard InChI is InChI=1S/C16H31NO4/c1-4-13-6-7-14(16(18)19)15(12-13)17(9-11-21-3)8-5-10-20-2/h13-15H,4-12H2,1-3H3,(H,18,19). The number of carbonyl (C=O) groups is 1. The van der Waals surface area contributed by atoms with Crippen molar-refractivity contribution in [2.24, 2.45) is 11.8 Å². The predicted octanol–water partition coefficient (Wildman–Crippen LogP) is 2.25. The Morgan fingerprint density at radius 1 is 1.19 bits per heavy atom. The van der Waals surface area contributed by atoms with Gasteiger partial charge in [-0.05, 0) is 31.6 Å². The molecule has 124 valence electrons. The summed E-state index contributed by atoms with van der Waals surface area (Å²) in [5, 5.41) is 9.53. The van der Waals surface area contributed by atoms with Crippen molar-refractivity contribution in [2.75, 3.05) is 40.5 Å². The summed E-state index contributed by atoms with van der Waals surface area (Å²) in [6, 6.07) is 0.133. The van der Waals surface area contributed by atoms with Crippen molar-refractivity contribution in [3.05, 3.63) is 0 Å². The molecule has 1 saturated carbocycles. The number of nitrogens with zero attached hydrogens (tertiary/aromatic N) is 1. The van der Waals surface area contributed by atoms with Crippen LogP contribution in [0, 0.1) is 11.8 Å². The highest BCUT2D eigenvalue weighted by molar-refractivity contribution is 5.71. The second-order valence-corrected chi connectivity index (χ2v) is 5.97. The van der Waals surface area contributed by atoms with Crippen molar-refractivity contribution in [2.45, 2.75) is 45.1 Å². The van der Waals surface area contributed by atoms with E-state index < -0.39 is 5.97 Å². The first kappa shape index (κ1) is 18.4. The number of hydrogen-bond acceptors (Lipinski definition) is 4. The van der Waals surface area contributed by atoms with Crippen LogP contribution in [-0.4, -0.2) is 62.5 Å². The molecule has 0 heterocycles. The van der Waals surface area contributed by atoms with Crippen molar-refractivity contribution in [1.82, 2.24) is 4.90 Å². The van der Waals surface area contributed by atoms with Crippen LogP contribution in [0.25, 0.3) is 0 Å². The molecule has 0 aliphatic heterocycles. The second kappa shape index (κ2) is 10.1. The number of hydrogen-bond donors (Lipinski definition) is 1. The SMILES string of the molecule is CCC1CCC(C(=O)O)C(N(CCCOC)CCOC)C1. The molecule has 0 amide bonds. The second-order valence-electron chi connectivity index (χ2n) is 5.97. The van der Waals surface area contributed by atoms with Gasteiger partial charge in [0.2, 0.25) is 0 Å². The van der Waals surface area contributed by atoms with Crippen LogP contribution in [0.4, 0.5) is 0 Å². The van der Waals surface area contributed by atoms with Gasteiger partial charge in [-0.2, -0.15) is 0 Å². The Labute approximate surface area is 128 Å². The molecule has 0 aromatic heterocycles. The van der Waals surface area contributed by atoms with Crippen molar-refractivity contribution < 1.29 is 19.4 Å². The lowest BCUT2D eigenvalue weighted by Crippen LogP contribution is -2.48. The number of ether oxygens (including phenoxy) is 2. The molecular weight excluding hydrogens is 270 g/mol. The van der Waals surface area contributed by atoms with Gasteiger partial charge in [-0.25, -0.2) is 0 Å². The minimum Gasteiger partial charge on any atom is -0.481 e. The zero-order valence-corrected chi connectivity index (χ0v) is 13.7. The molecule has 1 rings (SSSR count). The van der Waals surface area contributed by atoms with Gasteiger partial charge < -0.3 is 14.6 Å². The summed E-state index contributed by atoms with van der Waals surface area (Å²) in [6.45, 7) is 5.23. The molecule has 1 aliphatic carbocycles. The number of carboxylic acid groups (broad SMARTS) is 1. The lowest BCUT2D eigenvalue weighted by Gasteiger charge is -2.41. The Morgan fingerprint density at radius 2 is 1.90 bits per heavy atom. The van der Waals surface area contributed by atoms with Gasteiger partial charge in [0.05, 0.1) is 12.5 Å². The summed E-state index contributed by atoms with van der Waals surface area (Å²) in [6.07, 6.45) is 4.90. The van der Waals surface area contributed by atoms with Crippen molar-refractivity contribution >= 4 is 5.97 Å². The Bertz CT molecular complexity index is 298. The van der Waals surface area contributed by atoms with E-state index in [2.05, 4.69) is 11.8 Å². The molecule has 0 saturated heterocycles. The van der Waals surface area contributed by atoms with Gasteiger partial charge in [0.1, 0.15) is 0 Å². The lowest BCUT2D eigenvalue weighted by atomic mass is 9.76. The quantitative estimate of drug-likeness (QED) is 0.627. The molecule has 0 radical (unpaired) electrons. The van der Waals surface area contributed by atoms with E-state index in [1.54, 1.807) is 14.2 Å². The van der Waals surface area contributed by atoms with Gasteiger partial charge in [-0.15, -0.1) is 0 Å². The first-order valence-electron chi connectivity index (χ1n) is 8.08. The average molecular weight is 301 g/mol. The topological polar surface area (TPSA) is 59.0 Å². The van der Waals surface area contributed by atoms with E-state index in [1.807, 2.05) is 0 Å². The van der Waals surface area contributed by atoms with E-state index in [1.165, 1.54) is 0 Å². The molecule has 5 heteroatoms. The van der Waals surface area contributed by atoms with Crippen LogP contribution in [0.15, 0.2) is 0 Å². The molecule has 0 bridgehead atoms. The number of carboxylic acids is 1. The third-order valence-electron chi connectivity index (χ3n) is 4.67. The Hall–Kier alpha value is -0.650.